The molecule has 0 aliphatic heterocycles. The average Bonchev–Trinajstić information content (AvgIpc) is 3.68. The molecular weight excluding hydrogens is 1190 g/mol. The second-order valence-corrected chi connectivity index (χ2v) is 30.6. The van der Waals surface area contributed by atoms with Crippen LogP contribution in [0.5, 0.6) is 0 Å². The average molecular weight is 1360 g/mol. The summed E-state index contributed by atoms with van der Waals surface area (Å²) in [4.78, 5) is 24.7. The Bertz CT molecular complexity index is 1620. The van der Waals surface area contributed by atoms with Gasteiger partial charge in [0.25, 0.3) is 0 Å². The Labute approximate surface area is 607 Å². The fraction of sp³-hybridized carbons (Fsp3) is 0.890. The predicted molar refractivity (Wildman–Crippen MR) is 430 cm³/mol. The smallest absolute Gasteiger partial charge is 0.305 e. The molecule has 0 aromatic carbocycles. The van der Waals surface area contributed by atoms with E-state index in [1.165, 1.54) is 417 Å². The third-order valence-corrected chi connectivity index (χ3v) is 20.8. The van der Waals surface area contributed by atoms with E-state index in [4.69, 9.17) is 4.74 Å². The van der Waals surface area contributed by atoms with Crippen LogP contribution in [0.4, 0.5) is 0 Å². The molecule has 1 amide bonds. The van der Waals surface area contributed by atoms with Gasteiger partial charge in [-0.3, -0.25) is 9.59 Å². The zero-order valence-electron chi connectivity index (χ0n) is 65.8. The minimum atomic E-state index is -0.844. The molecule has 572 valence electrons. The molecule has 0 bridgehead atoms. The van der Waals surface area contributed by atoms with Gasteiger partial charge < -0.3 is 20.3 Å². The lowest BCUT2D eigenvalue weighted by Crippen LogP contribution is -2.45. The highest BCUT2D eigenvalue weighted by Gasteiger charge is 2.18. The quantitative estimate of drug-likeness (QED) is 0.0320. The van der Waals surface area contributed by atoms with Crippen molar-refractivity contribution >= 4 is 11.9 Å². The lowest BCUT2D eigenvalue weighted by atomic mass is 10.0. The zero-order chi connectivity index (χ0) is 69.8. The van der Waals surface area contributed by atoms with Gasteiger partial charge >= 0.3 is 5.97 Å². The Hall–Kier alpha value is -2.18. The van der Waals surface area contributed by atoms with Crippen LogP contribution >= 0.6 is 0 Å². The number of allylic oxidation sites excluding steroid dienone is 7. The van der Waals surface area contributed by atoms with E-state index in [-0.39, 0.29) is 18.5 Å². The van der Waals surface area contributed by atoms with E-state index in [2.05, 4.69) is 55.6 Å². The van der Waals surface area contributed by atoms with Crippen molar-refractivity contribution < 1.29 is 24.5 Å². The van der Waals surface area contributed by atoms with E-state index in [0.29, 0.717) is 19.4 Å². The largest absolute Gasteiger partial charge is 0.466 e. The first-order valence-corrected chi connectivity index (χ1v) is 44.4. The van der Waals surface area contributed by atoms with Crippen LogP contribution in [-0.2, 0) is 14.3 Å². The number of nitrogens with one attached hydrogen (secondary N) is 1. The zero-order valence-corrected chi connectivity index (χ0v) is 65.8. The molecular formula is C91H173NO5. The van der Waals surface area contributed by atoms with Crippen LogP contribution < -0.4 is 5.32 Å². The molecule has 0 saturated carbocycles. The molecule has 6 nitrogen and oxygen atoms in total. The van der Waals surface area contributed by atoms with Crippen LogP contribution in [-0.4, -0.2) is 47.4 Å². The molecule has 3 N–H and O–H groups in total. The molecule has 97 heavy (non-hydrogen) atoms. The second-order valence-electron chi connectivity index (χ2n) is 30.6. The minimum Gasteiger partial charge on any atom is -0.466 e. The SMILES string of the molecule is CCCCCC/C=C\C/C=C\CCCCCCCCCC(=O)OCCCCCCCCCCCCCCCCCC/C=C\CCCCCCCCCCCCCCCCCCCC(=O)NC(CO)C(O)/C=C/CCCCCCCCCCCCCCCCCCCCCCCCC. The van der Waals surface area contributed by atoms with Gasteiger partial charge in [-0.25, -0.2) is 0 Å². The van der Waals surface area contributed by atoms with Crippen molar-refractivity contribution in [2.24, 2.45) is 0 Å². The van der Waals surface area contributed by atoms with Gasteiger partial charge in [-0.2, -0.15) is 0 Å². The van der Waals surface area contributed by atoms with Gasteiger partial charge in [-0.15, -0.1) is 0 Å². The molecule has 0 spiro atoms. The molecule has 0 aromatic rings. The predicted octanol–water partition coefficient (Wildman–Crippen LogP) is 29.9. The Morgan fingerprint density at radius 1 is 0.289 bits per heavy atom. The van der Waals surface area contributed by atoms with Crippen LogP contribution in [0.2, 0.25) is 0 Å². The molecule has 0 aliphatic carbocycles. The molecule has 2 unspecified atom stereocenters. The molecule has 0 fully saturated rings. The first kappa shape index (κ1) is 94.8. The van der Waals surface area contributed by atoms with Crippen molar-refractivity contribution in [1.82, 2.24) is 5.32 Å². The molecule has 0 heterocycles. The van der Waals surface area contributed by atoms with E-state index in [0.717, 1.165) is 51.4 Å². The van der Waals surface area contributed by atoms with Crippen LogP contribution in [0.1, 0.15) is 495 Å². The minimum absolute atomic E-state index is 0.0147. The monoisotopic (exact) mass is 1360 g/mol. The summed E-state index contributed by atoms with van der Waals surface area (Å²) in [5.41, 5.74) is 0. The maximum atomic E-state index is 12.6. The number of hydrogen-bond acceptors (Lipinski definition) is 5. The topological polar surface area (TPSA) is 95.9 Å². The van der Waals surface area contributed by atoms with E-state index >= 15 is 0 Å². The van der Waals surface area contributed by atoms with Crippen LogP contribution in [0.15, 0.2) is 48.6 Å². The number of ether oxygens (including phenoxy) is 1. The summed E-state index contributed by atoms with van der Waals surface area (Å²) in [6.45, 7) is 4.94. The first-order valence-electron chi connectivity index (χ1n) is 44.4. The summed E-state index contributed by atoms with van der Waals surface area (Å²) in [7, 11) is 0. The number of esters is 1. The van der Waals surface area contributed by atoms with Crippen molar-refractivity contribution in [3.8, 4) is 0 Å². The summed E-state index contributed by atoms with van der Waals surface area (Å²) in [5.74, 6) is -0.0439. The highest BCUT2D eigenvalue weighted by molar-refractivity contribution is 5.76. The van der Waals surface area contributed by atoms with Crippen molar-refractivity contribution in [2.75, 3.05) is 13.2 Å². The molecule has 0 rings (SSSR count). The van der Waals surface area contributed by atoms with Gasteiger partial charge in [0.05, 0.1) is 25.4 Å². The van der Waals surface area contributed by atoms with Crippen molar-refractivity contribution in [1.29, 1.82) is 0 Å². The third-order valence-electron chi connectivity index (χ3n) is 20.8. The maximum Gasteiger partial charge on any atom is 0.305 e. The molecule has 0 aliphatic rings. The number of carbonyl (C=O) groups excluding carboxylic acids is 2. The van der Waals surface area contributed by atoms with Gasteiger partial charge in [0.15, 0.2) is 0 Å². The summed E-state index contributed by atoms with van der Waals surface area (Å²) < 4.78 is 5.51. The lowest BCUT2D eigenvalue weighted by Gasteiger charge is -2.20. The van der Waals surface area contributed by atoms with Gasteiger partial charge in [0.2, 0.25) is 5.91 Å². The molecule has 0 aromatic heterocycles. The lowest BCUT2D eigenvalue weighted by molar-refractivity contribution is -0.143. The normalized spacial score (nSPS) is 12.7. The highest BCUT2D eigenvalue weighted by Crippen LogP contribution is 2.21. The van der Waals surface area contributed by atoms with E-state index in [1.54, 1.807) is 6.08 Å². The van der Waals surface area contributed by atoms with Gasteiger partial charge in [-0.1, -0.05) is 441 Å². The first-order chi connectivity index (χ1) is 48.0. The number of carbonyl (C=O) groups is 2. The highest BCUT2D eigenvalue weighted by atomic mass is 16.5. The second kappa shape index (κ2) is 86.2. The fourth-order valence-corrected chi connectivity index (χ4v) is 14.1. The number of aliphatic hydroxyl groups is 2. The van der Waals surface area contributed by atoms with Crippen LogP contribution in [0.3, 0.4) is 0 Å². The molecule has 6 heteroatoms. The summed E-state index contributed by atoms with van der Waals surface area (Å²) in [5, 5.41) is 23.4. The van der Waals surface area contributed by atoms with Gasteiger partial charge in [-0.05, 0) is 89.9 Å². The van der Waals surface area contributed by atoms with E-state index < -0.39 is 12.1 Å². The van der Waals surface area contributed by atoms with Gasteiger partial charge in [0.1, 0.15) is 0 Å². The Balaban J connectivity index is 3.36. The number of unbranched alkanes of at least 4 members (excludes halogenated alkanes) is 67. The number of hydrogen-bond donors (Lipinski definition) is 3. The van der Waals surface area contributed by atoms with Crippen molar-refractivity contribution in [3.63, 3.8) is 0 Å². The maximum absolute atomic E-state index is 12.6. The standard InChI is InChI=1S/C91H173NO5/c1-3-5-7-9-11-13-15-17-19-21-23-24-25-39-42-45-48-51-55-59-63-67-71-75-79-83-89(94)88(87-93)92-90(95)84-80-76-72-68-64-60-56-52-49-46-43-40-37-35-33-31-29-27-26-28-30-32-34-36-38-41-44-47-50-54-58-62-66-70-74-78-82-86-97-91(96)85-81-77-73-69-65-61-57-53-22-20-18-16-14-12-10-8-6-4-2/h14,16,20,22,26,28,79,83,88-89,93-94H,3-13,15,17-19,21,23-25,27,29-78,80-82,84-87H2,1-2H3,(H,92,95)/b16-14-,22-20-,28-26-,83-79+. The Morgan fingerprint density at radius 3 is 0.804 bits per heavy atom. The Morgan fingerprint density at radius 2 is 0.515 bits per heavy atom. The van der Waals surface area contributed by atoms with Gasteiger partial charge in [0, 0.05) is 12.8 Å². The molecule has 0 radical (unpaired) electrons. The number of rotatable bonds is 84. The van der Waals surface area contributed by atoms with Crippen LogP contribution in [0, 0.1) is 0 Å². The number of aliphatic hydroxyl groups excluding tert-OH is 2. The van der Waals surface area contributed by atoms with Crippen molar-refractivity contribution in [2.45, 2.75) is 508 Å². The van der Waals surface area contributed by atoms with Crippen LogP contribution in [0.25, 0.3) is 0 Å². The fourth-order valence-electron chi connectivity index (χ4n) is 14.1. The van der Waals surface area contributed by atoms with E-state index in [1.807, 2.05) is 6.08 Å². The molecule has 2 atom stereocenters. The summed E-state index contributed by atoms with van der Waals surface area (Å²) in [6, 6.07) is -0.627. The molecule has 0 saturated heterocycles. The summed E-state index contributed by atoms with van der Waals surface area (Å²) >= 11 is 0. The van der Waals surface area contributed by atoms with Crippen molar-refractivity contribution in [3.05, 3.63) is 48.6 Å². The number of amides is 1. The Kier molecular flexibility index (Phi) is 84.3. The summed E-state index contributed by atoms with van der Waals surface area (Å²) in [6.07, 6.45) is 116. The third kappa shape index (κ3) is 82.7. The van der Waals surface area contributed by atoms with E-state index in [9.17, 15) is 19.8 Å².